The Kier molecular flexibility index (Phi) is 4.90. The first kappa shape index (κ1) is 17.3. The molecule has 10 heteroatoms. The average molecular weight is 358 g/mol. The summed E-state index contributed by atoms with van der Waals surface area (Å²) in [6, 6.07) is 1.13. The van der Waals surface area contributed by atoms with E-state index < -0.39 is 21.1 Å². The van der Waals surface area contributed by atoms with Gasteiger partial charge in [-0.2, -0.15) is 0 Å². The summed E-state index contributed by atoms with van der Waals surface area (Å²) in [6.07, 6.45) is 0. The molecule has 0 bridgehead atoms. The summed E-state index contributed by atoms with van der Waals surface area (Å²) in [4.78, 5) is 31.8. The van der Waals surface area contributed by atoms with Crippen molar-refractivity contribution in [2.24, 2.45) is 0 Å². The molecule has 2 fully saturated rings. The number of aromatic nitrogens is 2. The molecule has 3 rings (SSSR count). The maximum atomic E-state index is 12.1. The molecule has 134 valence electrons. The molecule has 0 saturated carbocycles. The fourth-order valence-corrected chi connectivity index (χ4v) is 5.65. The normalized spacial score (nSPS) is 27.2. The van der Waals surface area contributed by atoms with Gasteiger partial charge in [0.25, 0.3) is 5.56 Å². The predicted octanol–water partition coefficient (Wildman–Crippen LogP) is -2.01. The third kappa shape index (κ3) is 3.77. The summed E-state index contributed by atoms with van der Waals surface area (Å²) in [7, 11) is -1.46. The molecular weight excluding hydrogens is 336 g/mol. The van der Waals surface area contributed by atoms with E-state index in [-0.39, 0.29) is 23.6 Å². The lowest BCUT2D eigenvalue weighted by atomic mass is 10.0. The molecule has 0 radical (unpaired) electrons. The monoisotopic (exact) mass is 358 g/mol. The highest BCUT2D eigenvalue weighted by Gasteiger charge is 2.46. The largest absolute Gasteiger partial charge is 0.383 e. The number of nitrogens with zero attached hydrogens (tertiary/aromatic N) is 2. The van der Waals surface area contributed by atoms with Crippen LogP contribution in [0, 0.1) is 0 Å². The maximum absolute atomic E-state index is 12.1. The molecule has 9 nitrogen and oxygen atoms in total. The van der Waals surface area contributed by atoms with Crippen LogP contribution in [0.4, 0.5) is 0 Å². The standard InChI is InChI=1S/C14H22N4O5S/c1-23-5-4-17-2-3-18(12-9-24(21,22)8-11(12)17)7-10-6-13(19)16-14(20)15-10/h6,11-12H,2-5,7-9H2,1H3,(H2,15,16,19,20)/t11-,12+/m0/s1. The molecule has 24 heavy (non-hydrogen) atoms. The number of piperazine rings is 1. The number of methoxy groups -OCH3 is 1. The summed E-state index contributed by atoms with van der Waals surface area (Å²) in [5.74, 6) is 0.248. The van der Waals surface area contributed by atoms with Crippen molar-refractivity contribution in [1.29, 1.82) is 0 Å². The van der Waals surface area contributed by atoms with Gasteiger partial charge in [0.05, 0.1) is 18.1 Å². The number of fused-ring (bicyclic) bond motifs is 1. The molecule has 0 aliphatic carbocycles. The number of hydrogen-bond donors (Lipinski definition) is 2. The van der Waals surface area contributed by atoms with E-state index in [1.54, 1.807) is 7.11 Å². The summed E-state index contributed by atoms with van der Waals surface area (Å²) in [6.45, 7) is 3.02. The van der Waals surface area contributed by atoms with E-state index in [1.807, 2.05) is 4.90 Å². The first-order valence-electron chi connectivity index (χ1n) is 7.88. The zero-order chi connectivity index (χ0) is 17.3. The Morgan fingerprint density at radius 2 is 1.83 bits per heavy atom. The second kappa shape index (κ2) is 6.79. The van der Waals surface area contributed by atoms with E-state index in [9.17, 15) is 18.0 Å². The highest BCUT2D eigenvalue weighted by Crippen LogP contribution is 2.27. The van der Waals surface area contributed by atoms with Crippen molar-refractivity contribution >= 4 is 9.84 Å². The number of H-pyrrole nitrogens is 2. The van der Waals surface area contributed by atoms with Gasteiger partial charge in [0.2, 0.25) is 0 Å². The van der Waals surface area contributed by atoms with E-state index in [0.717, 1.165) is 6.54 Å². The van der Waals surface area contributed by atoms with E-state index in [0.29, 0.717) is 31.9 Å². The van der Waals surface area contributed by atoms with Crippen molar-refractivity contribution in [3.05, 3.63) is 32.6 Å². The molecule has 2 aliphatic rings. The highest BCUT2D eigenvalue weighted by molar-refractivity contribution is 7.91. The maximum Gasteiger partial charge on any atom is 0.325 e. The molecule has 1 aromatic rings. The Labute approximate surface area is 139 Å². The van der Waals surface area contributed by atoms with Crippen LogP contribution in [0.3, 0.4) is 0 Å². The van der Waals surface area contributed by atoms with E-state index in [2.05, 4.69) is 14.9 Å². The van der Waals surface area contributed by atoms with Crippen molar-refractivity contribution in [3.8, 4) is 0 Å². The van der Waals surface area contributed by atoms with Gasteiger partial charge in [-0.1, -0.05) is 0 Å². The lowest BCUT2D eigenvalue weighted by molar-refractivity contribution is 0.0246. The number of aromatic amines is 2. The minimum Gasteiger partial charge on any atom is -0.383 e. The van der Waals surface area contributed by atoms with Gasteiger partial charge in [-0.05, 0) is 0 Å². The van der Waals surface area contributed by atoms with Crippen molar-refractivity contribution in [1.82, 2.24) is 19.8 Å². The van der Waals surface area contributed by atoms with Crippen LogP contribution in [0.2, 0.25) is 0 Å². The number of ether oxygens (including phenoxy) is 1. The number of rotatable bonds is 5. The van der Waals surface area contributed by atoms with Gasteiger partial charge < -0.3 is 9.72 Å². The van der Waals surface area contributed by atoms with Gasteiger partial charge in [0.1, 0.15) is 0 Å². The molecule has 0 aromatic carbocycles. The Morgan fingerprint density at radius 1 is 1.17 bits per heavy atom. The van der Waals surface area contributed by atoms with E-state index >= 15 is 0 Å². The molecule has 2 N–H and O–H groups in total. The van der Waals surface area contributed by atoms with Crippen LogP contribution in [0.25, 0.3) is 0 Å². The molecule has 2 atom stereocenters. The Hall–Kier alpha value is -1.49. The van der Waals surface area contributed by atoms with Gasteiger partial charge in [0.15, 0.2) is 9.84 Å². The van der Waals surface area contributed by atoms with Crippen molar-refractivity contribution < 1.29 is 13.2 Å². The highest BCUT2D eigenvalue weighted by atomic mass is 32.2. The first-order valence-corrected chi connectivity index (χ1v) is 9.70. The summed E-state index contributed by atoms with van der Waals surface area (Å²) >= 11 is 0. The molecule has 2 aliphatic heterocycles. The molecule has 3 heterocycles. The quantitative estimate of drug-likeness (QED) is 0.625. The zero-order valence-electron chi connectivity index (χ0n) is 13.5. The van der Waals surface area contributed by atoms with Crippen LogP contribution >= 0.6 is 0 Å². The van der Waals surface area contributed by atoms with Gasteiger partial charge in [0, 0.05) is 57.1 Å². The zero-order valence-corrected chi connectivity index (χ0v) is 14.3. The molecule has 0 amide bonds. The van der Waals surface area contributed by atoms with Gasteiger partial charge >= 0.3 is 5.69 Å². The van der Waals surface area contributed by atoms with Crippen molar-refractivity contribution in [2.75, 3.05) is 44.9 Å². The smallest absolute Gasteiger partial charge is 0.325 e. The minimum absolute atomic E-state index is 0.0763. The topological polar surface area (TPSA) is 116 Å². The molecule has 0 unspecified atom stereocenters. The van der Waals surface area contributed by atoms with E-state index in [1.165, 1.54) is 6.07 Å². The molecular formula is C14H22N4O5S. The second-order valence-electron chi connectivity index (χ2n) is 6.32. The number of hydrogen-bond acceptors (Lipinski definition) is 7. The SMILES string of the molecule is COCCN1CCN(Cc2cc(=O)[nH]c(=O)[nH]2)[C@@H]2CS(=O)(=O)C[C@@H]21. The average Bonchev–Trinajstić information content (AvgIpc) is 2.81. The fraction of sp³-hybridized carbons (Fsp3) is 0.714. The Balaban J connectivity index is 1.80. The van der Waals surface area contributed by atoms with Crippen molar-refractivity contribution in [3.63, 3.8) is 0 Å². The van der Waals surface area contributed by atoms with E-state index in [4.69, 9.17) is 4.74 Å². The predicted molar refractivity (Wildman–Crippen MR) is 87.8 cm³/mol. The van der Waals surface area contributed by atoms with Gasteiger partial charge in [-0.15, -0.1) is 0 Å². The lowest BCUT2D eigenvalue weighted by Crippen LogP contribution is -2.59. The summed E-state index contributed by atoms with van der Waals surface area (Å²) in [5.41, 5.74) is -0.507. The van der Waals surface area contributed by atoms with Crippen LogP contribution in [0.15, 0.2) is 15.7 Å². The van der Waals surface area contributed by atoms with Crippen LogP contribution < -0.4 is 11.2 Å². The fourth-order valence-electron chi connectivity index (χ4n) is 3.60. The first-order chi connectivity index (χ1) is 11.4. The Morgan fingerprint density at radius 3 is 2.50 bits per heavy atom. The number of sulfone groups is 1. The summed E-state index contributed by atoms with van der Waals surface area (Å²) in [5, 5.41) is 0. The van der Waals surface area contributed by atoms with Gasteiger partial charge in [-0.3, -0.25) is 19.6 Å². The van der Waals surface area contributed by atoms with Crippen LogP contribution in [0.1, 0.15) is 5.69 Å². The van der Waals surface area contributed by atoms with Gasteiger partial charge in [-0.25, -0.2) is 13.2 Å². The van der Waals surface area contributed by atoms with Crippen molar-refractivity contribution in [2.45, 2.75) is 18.6 Å². The number of nitrogens with one attached hydrogen (secondary N) is 2. The molecule has 1 aromatic heterocycles. The van der Waals surface area contributed by atoms with Crippen LogP contribution in [-0.4, -0.2) is 85.1 Å². The van der Waals surface area contributed by atoms with Crippen LogP contribution in [-0.2, 0) is 21.1 Å². The molecule has 2 saturated heterocycles. The third-order valence-electron chi connectivity index (χ3n) is 4.68. The minimum atomic E-state index is -3.09. The second-order valence-corrected chi connectivity index (χ2v) is 8.48. The summed E-state index contributed by atoms with van der Waals surface area (Å²) < 4.78 is 29.4. The third-order valence-corrected chi connectivity index (χ3v) is 6.38. The Bertz CT molecular complexity index is 774. The lowest BCUT2D eigenvalue weighted by Gasteiger charge is -2.43. The molecule has 0 spiro atoms. The van der Waals surface area contributed by atoms with Crippen LogP contribution in [0.5, 0.6) is 0 Å².